The van der Waals surface area contributed by atoms with Gasteiger partial charge in [0.15, 0.2) is 34.4 Å². The molecule has 0 spiro atoms. The first kappa shape index (κ1) is 97.5. The van der Waals surface area contributed by atoms with Crippen molar-refractivity contribution in [3.63, 3.8) is 0 Å². The summed E-state index contributed by atoms with van der Waals surface area (Å²) in [5.41, 5.74) is 9.85. The second kappa shape index (κ2) is 45.6. The highest BCUT2D eigenvalue weighted by atomic mass is 32.1. The van der Waals surface area contributed by atoms with Gasteiger partial charge in [-0.2, -0.15) is 0 Å². The third-order valence-corrected chi connectivity index (χ3v) is 24.0. The molecule has 3 fully saturated rings. The molecule has 1 atom stereocenters. The van der Waals surface area contributed by atoms with Crippen LogP contribution in [0.4, 0.5) is 48.3 Å². The first-order chi connectivity index (χ1) is 53.3. The zero-order valence-corrected chi connectivity index (χ0v) is 71.1. The van der Waals surface area contributed by atoms with Crippen LogP contribution in [0.15, 0.2) is 150 Å². The van der Waals surface area contributed by atoms with Gasteiger partial charge in [-0.1, -0.05) is 284 Å². The molecule has 0 saturated heterocycles. The van der Waals surface area contributed by atoms with Crippen molar-refractivity contribution in [1.82, 2.24) is 0 Å². The van der Waals surface area contributed by atoms with Crippen LogP contribution in [-0.4, -0.2) is 0 Å². The van der Waals surface area contributed by atoms with Crippen molar-refractivity contribution < 1.29 is 52.7 Å². The molecule has 3 saturated carbocycles. The van der Waals surface area contributed by atoms with E-state index in [1.165, 1.54) is 157 Å². The number of hydrogen-bond acceptors (Lipinski definition) is 2. The minimum absolute atomic E-state index is 0. The maximum absolute atomic E-state index is 14.0. The summed E-state index contributed by atoms with van der Waals surface area (Å²) in [7, 11) is 0. The fourth-order valence-electron chi connectivity index (χ4n) is 14.2. The van der Waals surface area contributed by atoms with Gasteiger partial charge in [-0.3, -0.25) is 0 Å². The standard InChI is InChI=1S/C14H11F3.C14H10F2O.C14H10F2S.C10H9F3.C8H9F.3C8H16.C8H14.C8H10.2CH4/c1-8-3-5-10(7-12(8)15)11-6-4-9(2)13(16)14(11)17;2*1-7-3-5-9-10-6-4-8(2)12(16)14(10)17-13(9)11(7)15;1-6-2-3-7-4-5-10(12,13)8(7)9(6)11;1-6-3-4-7(2)8(9)5-6;5*1-7-3-5-8(2)6-4-7;;/h3-7H,1-2H3;2*3-6H,1-2H3;2-3H,4-5H2,1H3;3-5H,1-2H3;3*7-8H,3-6H2,1-2H3;3,8H,4-6H2,1-2H3;3-6H,1-2H3;2*1H4. The number of furan rings is 1. The van der Waals surface area contributed by atoms with Crippen molar-refractivity contribution >= 4 is 53.4 Å². The number of benzene rings is 9. The molecular formula is C102H129F11OS. The van der Waals surface area contributed by atoms with Crippen LogP contribution in [0.2, 0.25) is 0 Å². The molecule has 626 valence electrons. The first-order valence-corrected chi connectivity index (χ1v) is 41.5. The third kappa shape index (κ3) is 28.1. The van der Waals surface area contributed by atoms with Crippen LogP contribution in [-0.2, 0) is 12.3 Å². The number of rotatable bonds is 1. The first-order valence-electron chi connectivity index (χ1n) is 40.7. The molecule has 9 aromatic carbocycles. The van der Waals surface area contributed by atoms with Crippen molar-refractivity contribution in [2.24, 2.45) is 41.4 Å². The van der Waals surface area contributed by atoms with Crippen molar-refractivity contribution in [3.8, 4) is 11.1 Å². The van der Waals surface area contributed by atoms with Crippen molar-refractivity contribution in [3.05, 3.63) is 270 Å². The van der Waals surface area contributed by atoms with Crippen molar-refractivity contribution in [1.29, 1.82) is 0 Å². The average molecular weight is 1610 g/mol. The smallest absolute Gasteiger partial charge is 0.276 e. The van der Waals surface area contributed by atoms with E-state index in [9.17, 15) is 48.3 Å². The quantitative estimate of drug-likeness (QED) is 0.118. The number of aryl methyl sites for hydroxylation is 12. The molecule has 16 rings (SSSR count). The molecule has 11 aromatic rings. The molecule has 0 amide bonds. The summed E-state index contributed by atoms with van der Waals surface area (Å²) in [6, 6.07) is 38.2. The molecule has 1 unspecified atom stereocenters. The molecule has 2 heterocycles. The minimum atomic E-state index is -2.97. The summed E-state index contributed by atoms with van der Waals surface area (Å²) in [5, 5.41) is 2.82. The Labute approximate surface area is 686 Å². The summed E-state index contributed by atoms with van der Waals surface area (Å²) in [5.74, 6) is -0.320. The van der Waals surface area contributed by atoms with E-state index in [4.69, 9.17) is 4.42 Å². The zero-order chi connectivity index (χ0) is 83.3. The predicted octanol–water partition coefficient (Wildman–Crippen LogP) is 34.3. The third-order valence-electron chi connectivity index (χ3n) is 22.8. The summed E-state index contributed by atoms with van der Waals surface area (Å²) >= 11 is 1.19. The van der Waals surface area contributed by atoms with Crippen LogP contribution >= 0.6 is 11.3 Å². The van der Waals surface area contributed by atoms with E-state index in [1.807, 2.05) is 25.1 Å². The van der Waals surface area contributed by atoms with Gasteiger partial charge in [0, 0.05) is 33.5 Å². The maximum atomic E-state index is 14.0. The molecule has 13 heteroatoms. The van der Waals surface area contributed by atoms with Gasteiger partial charge in [0.1, 0.15) is 29.1 Å². The highest BCUT2D eigenvalue weighted by Crippen LogP contribution is 2.44. The van der Waals surface area contributed by atoms with Crippen LogP contribution in [0.25, 0.3) is 53.2 Å². The molecule has 5 aliphatic carbocycles. The van der Waals surface area contributed by atoms with E-state index in [1.54, 1.807) is 114 Å². The Bertz CT molecular complexity index is 4570. The van der Waals surface area contributed by atoms with Gasteiger partial charge >= 0.3 is 0 Å². The van der Waals surface area contributed by atoms with Crippen LogP contribution in [0.5, 0.6) is 0 Å². The van der Waals surface area contributed by atoms with Gasteiger partial charge in [0.2, 0.25) is 0 Å². The fraction of sp³-hybridized carbons (Fsp3) is 0.451. The molecule has 115 heavy (non-hydrogen) atoms. The van der Waals surface area contributed by atoms with Gasteiger partial charge in [0.05, 0.1) is 15.0 Å². The molecule has 0 aliphatic heterocycles. The van der Waals surface area contributed by atoms with E-state index in [-0.39, 0.29) is 73.0 Å². The Morgan fingerprint density at radius 3 is 1.03 bits per heavy atom. The van der Waals surface area contributed by atoms with E-state index in [0.717, 1.165) is 57.8 Å². The monoisotopic (exact) mass is 1610 g/mol. The minimum Gasteiger partial charge on any atom is -0.450 e. The molecule has 0 radical (unpaired) electrons. The summed E-state index contributed by atoms with van der Waals surface area (Å²) in [4.78, 5) is 0. The Kier molecular flexibility index (Phi) is 38.7. The summed E-state index contributed by atoms with van der Waals surface area (Å²) in [6.45, 7) is 37.9. The largest absolute Gasteiger partial charge is 0.450 e. The fourth-order valence-corrected chi connectivity index (χ4v) is 15.4. The number of hydrogen-bond donors (Lipinski definition) is 0. The molecular weight excluding hydrogens is 1480 g/mol. The molecule has 0 N–H and O–H groups in total. The lowest BCUT2D eigenvalue weighted by molar-refractivity contribution is -0.00510. The SMILES string of the molecule is C.C.CC1=CCC(C)CC1.CC1CCC(C)CC1.CC1CCC(C)CC1.CC1CCC(C)CC1.Cc1ccc(-c2ccc(C)c(F)c2F)cc1F.Cc1ccc(C)c(F)c1.Cc1ccc(C)cc1.Cc1ccc2c(c1F)C(F)(F)CC2.Cc1ccc2c(oc3c(F)c(C)ccc32)c1F.Cc1ccc2c(sc3c(F)c(C)ccc32)c1F. The molecule has 2 aromatic heterocycles. The lowest BCUT2D eigenvalue weighted by atomic mass is 9.84. The lowest BCUT2D eigenvalue weighted by Gasteiger charge is -2.22. The Hall–Kier alpha value is -8.03. The highest BCUT2D eigenvalue weighted by molar-refractivity contribution is 7.25. The van der Waals surface area contributed by atoms with Crippen LogP contribution in [0.1, 0.15) is 245 Å². The van der Waals surface area contributed by atoms with Crippen molar-refractivity contribution in [2.75, 3.05) is 0 Å². The Morgan fingerprint density at radius 1 is 0.322 bits per heavy atom. The molecule has 0 bridgehead atoms. The van der Waals surface area contributed by atoms with Gasteiger partial charge in [0.25, 0.3) is 5.92 Å². The van der Waals surface area contributed by atoms with Gasteiger partial charge in [-0.05, 0) is 224 Å². The zero-order valence-electron chi connectivity index (χ0n) is 70.3. The average Bonchev–Trinajstić information content (AvgIpc) is 1.62. The maximum Gasteiger partial charge on any atom is 0.276 e. The van der Waals surface area contributed by atoms with Crippen LogP contribution in [0, 0.1) is 170 Å². The second-order valence-electron chi connectivity index (χ2n) is 33.4. The molecule has 5 aliphatic rings. The van der Waals surface area contributed by atoms with Gasteiger partial charge < -0.3 is 4.42 Å². The van der Waals surface area contributed by atoms with E-state index < -0.39 is 40.8 Å². The van der Waals surface area contributed by atoms with Crippen molar-refractivity contribution in [2.45, 2.75) is 261 Å². The van der Waals surface area contributed by atoms with Gasteiger partial charge in [-0.15, -0.1) is 11.3 Å². The highest BCUT2D eigenvalue weighted by Gasteiger charge is 2.42. The second-order valence-corrected chi connectivity index (χ2v) is 34.4. The number of alkyl halides is 2. The number of fused-ring (bicyclic) bond motifs is 7. The van der Waals surface area contributed by atoms with Crippen LogP contribution in [0.3, 0.4) is 0 Å². The predicted molar refractivity (Wildman–Crippen MR) is 469 cm³/mol. The Morgan fingerprint density at radius 2 is 0.661 bits per heavy atom. The Balaban J connectivity index is 0.000000232. The van der Waals surface area contributed by atoms with Crippen LogP contribution < -0.4 is 0 Å². The van der Waals surface area contributed by atoms with E-state index in [0.29, 0.717) is 70.2 Å². The molecule has 1 nitrogen and oxygen atoms in total. The normalized spacial score (nSPS) is 18.9. The number of thiophene rings is 1. The number of halogens is 11. The lowest BCUT2D eigenvalue weighted by Crippen LogP contribution is -2.10. The number of allylic oxidation sites excluding steroid dienone is 2. The summed E-state index contributed by atoms with van der Waals surface area (Å²) in [6.07, 6.45) is 24.1. The topological polar surface area (TPSA) is 13.1 Å². The summed E-state index contributed by atoms with van der Waals surface area (Å²) < 4.78 is 155. The van der Waals surface area contributed by atoms with E-state index >= 15 is 0 Å². The van der Waals surface area contributed by atoms with E-state index in [2.05, 4.69) is 99.6 Å². The van der Waals surface area contributed by atoms with Gasteiger partial charge in [-0.25, -0.2) is 48.3 Å².